The van der Waals surface area contributed by atoms with Crippen molar-refractivity contribution in [2.45, 2.75) is 12.1 Å². The number of aryl methyl sites for hydroxylation is 1. The number of ketones is 1. The lowest BCUT2D eigenvalue weighted by molar-refractivity contribution is -0.144. The summed E-state index contributed by atoms with van der Waals surface area (Å²) < 4.78 is 40.9. The summed E-state index contributed by atoms with van der Waals surface area (Å²) in [5.41, 5.74) is -4.91. The summed E-state index contributed by atoms with van der Waals surface area (Å²) in [6.45, 7) is 0. The molecule has 1 amide bonds. The van der Waals surface area contributed by atoms with Gasteiger partial charge in [0, 0.05) is 20.3 Å². The molecule has 146 valence electrons. The molecular weight excluding hydrogens is 383 g/mol. The van der Waals surface area contributed by atoms with Crippen molar-refractivity contribution < 1.29 is 22.8 Å². The second kappa shape index (κ2) is 6.55. The molecular formula is C16H12F3N5O4. The van der Waals surface area contributed by atoms with E-state index >= 15 is 0 Å². The van der Waals surface area contributed by atoms with Gasteiger partial charge in [-0.3, -0.25) is 14.4 Å². The van der Waals surface area contributed by atoms with E-state index in [1.54, 1.807) is 0 Å². The number of benzene rings is 1. The topological polar surface area (TPSA) is 107 Å². The quantitative estimate of drug-likeness (QED) is 0.669. The first kappa shape index (κ1) is 19.2. The van der Waals surface area contributed by atoms with Crippen LogP contribution in [0.3, 0.4) is 0 Å². The number of nitrogens with zero attached hydrogens (tertiary/aromatic N) is 5. The number of amides is 1. The number of para-hydroxylation sites is 1. The van der Waals surface area contributed by atoms with Gasteiger partial charge in [-0.05, 0) is 12.1 Å². The minimum absolute atomic E-state index is 0.273. The van der Waals surface area contributed by atoms with Gasteiger partial charge in [0.1, 0.15) is 11.6 Å². The van der Waals surface area contributed by atoms with Crippen LogP contribution >= 0.6 is 0 Å². The molecule has 1 aromatic carbocycles. The summed E-state index contributed by atoms with van der Waals surface area (Å²) in [6.07, 6.45) is -3.87. The standard InChI is InChI=1S/C16H12F3N5O4/c1-22-14(27)12(25)8(7-20-22)11-13(26)24(15(28)23(2)21-11)10-6-4-3-5-9(10)16(17,18)19/h3-8H,1-2H3. The molecule has 9 nitrogen and oxygen atoms in total. The smallest absolute Gasteiger partial charge is 0.287 e. The average Bonchev–Trinajstić information content (AvgIpc) is 2.63. The molecule has 0 saturated heterocycles. The van der Waals surface area contributed by atoms with Crippen molar-refractivity contribution in [3.05, 3.63) is 56.4 Å². The maximum absolute atomic E-state index is 13.3. The van der Waals surface area contributed by atoms with Crippen LogP contribution in [0.1, 0.15) is 17.2 Å². The number of alkyl halides is 3. The highest BCUT2D eigenvalue weighted by atomic mass is 19.4. The number of hydrogen-bond acceptors (Lipinski definition) is 6. The average molecular weight is 395 g/mol. The minimum atomic E-state index is -4.84. The Bertz CT molecular complexity index is 1130. The van der Waals surface area contributed by atoms with Crippen molar-refractivity contribution in [1.29, 1.82) is 0 Å². The van der Waals surface area contributed by atoms with Crippen molar-refractivity contribution >= 4 is 17.9 Å². The lowest BCUT2D eigenvalue weighted by Gasteiger charge is -2.20. The molecule has 1 aliphatic heterocycles. The Kier molecular flexibility index (Phi) is 4.49. The largest absolute Gasteiger partial charge is 0.418 e. The molecule has 12 heteroatoms. The molecule has 2 heterocycles. The zero-order valence-electron chi connectivity index (χ0n) is 14.5. The number of aromatic nitrogens is 3. The highest BCUT2D eigenvalue weighted by Crippen LogP contribution is 2.32. The third-order valence-corrected chi connectivity index (χ3v) is 4.07. The number of hydrazone groups is 1. The molecule has 3 rings (SSSR count). The van der Waals surface area contributed by atoms with Gasteiger partial charge in [0.2, 0.25) is 5.78 Å². The lowest BCUT2D eigenvalue weighted by atomic mass is 10.00. The Hall–Kier alpha value is -3.57. The predicted octanol–water partition coefficient (Wildman–Crippen LogP) is 0.0605. The fourth-order valence-electron chi connectivity index (χ4n) is 2.68. The van der Waals surface area contributed by atoms with Crippen LogP contribution in [-0.2, 0) is 22.8 Å². The lowest BCUT2D eigenvalue weighted by Crippen LogP contribution is -2.46. The maximum Gasteiger partial charge on any atom is 0.418 e. The van der Waals surface area contributed by atoms with Gasteiger partial charge < -0.3 is 0 Å². The van der Waals surface area contributed by atoms with Crippen molar-refractivity contribution in [1.82, 2.24) is 19.4 Å². The first-order valence-corrected chi connectivity index (χ1v) is 7.77. The number of halogens is 3. The number of carbonyl (C=O) groups is 2. The summed E-state index contributed by atoms with van der Waals surface area (Å²) in [5, 5.41) is 8.09. The number of hydrogen-bond donors (Lipinski definition) is 0. The molecule has 1 atom stereocenters. The van der Waals surface area contributed by atoms with E-state index in [4.69, 9.17) is 0 Å². The van der Waals surface area contributed by atoms with Crippen molar-refractivity contribution in [2.24, 2.45) is 12.1 Å². The Morgan fingerprint density at radius 1 is 1.04 bits per heavy atom. The van der Waals surface area contributed by atoms with Crippen molar-refractivity contribution in [3.63, 3.8) is 0 Å². The van der Waals surface area contributed by atoms with E-state index in [1.807, 2.05) is 0 Å². The summed E-state index contributed by atoms with van der Waals surface area (Å²) in [4.78, 5) is 49.3. The van der Waals surface area contributed by atoms with Gasteiger partial charge in [0.15, 0.2) is 0 Å². The van der Waals surface area contributed by atoms with Gasteiger partial charge in [0.25, 0.3) is 5.56 Å². The minimum Gasteiger partial charge on any atom is -0.287 e. The van der Waals surface area contributed by atoms with Crippen LogP contribution in [0.4, 0.5) is 13.2 Å². The van der Waals surface area contributed by atoms with Crippen LogP contribution in [0.2, 0.25) is 0 Å². The highest BCUT2D eigenvalue weighted by molar-refractivity contribution is 6.42. The molecule has 0 fully saturated rings. The monoisotopic (exact) mass is 395 g/mol. The Labute approximate surface area is 154 Å². The van der Waals surface area contributed by atoms with E-state index in [2.05, 4.69) is 10.2 Å². The molecule has 0 N–H and O–H groups in total. The number of carbonyl (C=O) groups excluding carboxylic acids is 2. The molecule has 1 unspecified atom stereocenters. The second-order valence-corrected chi connectivity index (χ2v) is 5.88. The van der Waals surface area contributed by atoms with Gasteiger partial charge in [-0.15, -0.1) is 0 Å². The molecule has 0 saturated carbocycles. The van der Waals surface area contributed by atoms with Gasteiger partial charge in [0.05, 0.1) is 11.3 Å². The van der Waals surface area contributed by atoms with E-state index in [1.165, 1.54) is 13.1 Å². The van der Waals surface area contributed by atoms with E-state index in [0.717, 1.165) is 30.4 Å². The molecule has 28 heavy (non-hydrogen) atoms. The Morgan fingerprint density at radius 3 is 2.32 bits per heavy atom. The van der Waals surface area contributed by atoms with Crippen LogP contribution in [0.5, 0.6) is 0 Å². The van der Waals surface area contributed by atoms with E-state index in [-0.39, 0.29) is 4.57 Å². The predicted molar refractivity (Wildman–Crippen MR) is 89.1 cm³/mol. The Balaban J connectivity index is 2.32. The zero-order valence-corrected chi connectivity index (χ0v) is 14.5. The van der Waals surface area contributed by atoms with Gasteiger partial charge in [-0.25, -0.2) is 19.1 Å². The summed E-state index contributed by atoms with van der Waals surface area (Å²) in [5.74, 6) is -3.59. The fourth-order valence-corrected chi connectivity index (χ4v) is 2.68. The van der Waals surface area contributed by atoms with Crippen LogP contribution in [-0.4, -0.2) is 44.3 Å². The van der Waals surface area contributed by atoms with Crippen LogP contribution in [0.15, 0.2) is 39.0 Å². The Morgan fingerprint density at radius 2 is 1.68 bits per heavy atom. The third kappa shape index (κ3) is 3.02. The highest BCUT2D eigenvalue weighted by Gasteiger charge is 2.38. The van der Waals surface area contributed by atoms with Crippen molar-refractivity contribution in [3.8, 4) is 5.69 Å². The molecule has 1 aromatic heterocycles. The first-order chi connectivity index (χ1) is 13.0. The summed E-state index contributed by atoms with van der Waals surface area (Å²) >= 11 is 0. The molecule has 0 radical (unpaired) electrons. The number of Topliss-reactive ketones (excluding diaryl/α,β-unsaturated/α-hetero) is 1. The number of likely N-dealkylation sites (N-methyl/N-ethyl adjacent to an activating group) is 1. The first-order valence-electron chi connectivity index (χ1n) is 7.77. The third-order valence-electron chi connectivity index (χ3n) is 4.07. The maximum atomic E-state index is 13.3. The van der Waals surface area contributed by atoms with Crippen LogP contribution in [0, 0.1) is 0 Å². The van der Waals surface area contributed by atoms with Crippen LogP contribution in [0.25, 0.3) is 5.69 Å². The van der Waals surface area contributed by atoms with Gasteiger partial charge >= 0.3 is 17.8 Å². The normalized spacial score (nSPS) is 17.3. The summed E-state index contributed by atoms with van der Waals surface area (Å²) in [7, 11) is 2.33. The number of rotatable bonds is 2. The van der Waals surface area contributed by atoms with Crippen LogP contribution < -0.4 is 11.2 Å². The zero-order chi connectivity index (χ0) is 20.8. The van der Waals surface area contributed by atoms with E-state index < -0.39 is 52.0 Å². The van der Waals surface area contributed by atoms with Gasteiger partial charge in [-0.1, -0.05) is 12.1 Å². The SMILES string of the molecule is CN1N=CC(c2nn(C)c(=O)n(-c3ccccc3C(F)(F)F)c2=O)C(=O)C1=O. The summed E-state index contributed by atoms with van der Waals surface area (Å²) in [6, 6.07) is 4.00. The molecule has 0 bridgehead atoms. The molecule has 0 spiro atoms. The molecule has 0 aliphatic carbocycles. The van der Waals surface area contributed by atoms with Gasteiger partial charge in [-0.2, -0.15) is 23.4 Å². The second-order valence-electron chi connectivity index (χ2n) is 5.88. The molecule has 2 aromatic rings. The van der Waals surface area contributed by atoms with E-state index in [9.17, 15) is 32.3 Å². The van der Waals surface area contributed by atoms with E-state index in [0.29, 0.717) is 10.7 Å². The van der Waals surface area contributed by atoms with Crippen molar-refractivity contribution in [2.75, 3.05) is 7.05 Å². The molecule has 1 aliphatic rings. The fraction of sp³-hybridized carbons (Fsp3) is 0.250.